The summed E-state index contributed by atoms with van der Waals surface area (Å²) < 4.78 is 1.49. The molecule has 0 saturated carbocycles. The molecule has 8 heteroatoms. The van der Waals surface area contributed by atoms with E-state index in [-0.39, 0.29) is 5.56 Å². The Morgan fingerprint density at radius 2 is 2.32 bits per heavy atom. The molecule has 98 valence electrons. The van der Waals surface area contributed by atoms with Crippen LogP contribution in [0, 0.1) is 0 Å². The molecule has 0 radical (unpaired) electrons. The fourth-order valence-corrected chi connectivity index (χ4v) is 2.91. The Hall–Kier alpha value is -1.96. The molecule has 2 heterocycles. The number of fused-ring (bicyclic) bond motifs is 1. The number of hydrogen-bond donors (Lipinski definition) is 1. The lowest BCUT2D eigenvalue weighted by Crippen LogP contribution is -2.05. The van der Waals surface area contributed by atoms with E-state index in [9.17, 15) is 9.90 Å². The maximum atomic E-state index is 11.3. The molecule has 0 aliphatic heterocycles. The van der Waals surface area contributed by atoms with Gasteiger partial charge in [0.25, 0.3) is 0 Å². The number of carbonyl (C=O) groups is 1. The first-order valence-electron chi connectivity index (χ1n) is 5.81. The van der Waals surface area contributed by atoms with Gasteiger partial charge in [-0.1, -0.05) is 0 Å². The highest BCUT2D eigenvalue weighted by atomic mass is 32.2. The van der Waals surface area contributed by atoms with E-state index >= 15 is 0 Å². The standard InChI is InChI=1S/C11H11N5O2S/c1-16-11(13-14-15-16)19-9-7(10(17)18)5-6-3-2-4-8(6)12-9/h5H,2-4H2,1H3,(H,17,18). The molecule has 1 N–H and O–H groups in total. The molecule has 3 rings (SSSR count). The van der Waals surface area contributed by atoms with Gasteiger partial charge in [-0.15, -0.1) is 5.10 Å². The van der Waals surface area contributed by atoms with Crippen molar-refractivity contribution in [1.29, 1.82) is 0 Å². The normalized spacial score (nSPS) is 13.5. The summed E-state index contributed by atoms with van der Waals surface area (Å²) in [4.78, 5) is 15.8. The largest absolute Gasteiger partial charge is 0.478 e. The quantitative estimate of drug-likeness (QED) is 0.892. The molecule has 19 heavy (non-hydrogen) atoms. The average molecular weight is 277 g/mol. The van der Waals surface area contributed by atoms with Crippen molar-refractivity contribution < 1.29 is 9.90 Å². The Kier molecular flexibility index (Phi) is 2.94. The van der Waals surface area contributed by atoms with Crippen molar-refractivity contribution in [3.05, 3.63) is 22.9 Å². The molecule has 1 aliphatic rings. The monoisotopic (exact) mass is 277 g/mol. The van der Waals surface area contributed by atoms with Crippen molar-refractivity contribution in [2.45, 2.75) is 29.4 Å². The van der Waals surface area contributed by atoms with Gasteiger partial charge in [0.1, 0.15) is 5.03 Å². The number of hydrogen-bond acceptors (Lipinski definition) is 6. The van der Waals surface area contributed by atoms with Crippen LogP contribution in [0.5, 0.6) is 0 Å². The van der Waals surface area contributed by atoms with Crippen LogP contribution in [-0.4, -0.2) is 36.3 Å². The van der Waals surface area contributed by atoms with Gasteiger partial charge in [-0.05, 0) is 53.1 Å². The summed E-state index contributed by atoms with van der Waals surface area (Å²) in [6.07, 6.45) is 2.83. The first-order chi connectivity index (χ1) is 9.15. The van der Waals surface area contributed by atoms with Gasteiger partial charge in [-0.3, -0.25) is 0 Å². The van der Waals surface area contributed by atoms with Crippen LogP contribution in [-0.2, 0) is 19.9 Å². The highest BCUT2D eigenvalue weighted by Crippen LogP contribution is 2.31. The van der Waals surface area contributed by atoms with Crippen molar-refractivity contribution in [3.63, 3.8) is 0 Å². The molecule has 0 spiro atoms. The third kappa shape index (κ3) is 2.19. The van der Waals surface area contributed by atoms with Crippen molar-refractivity contribution in [1.82, 2.24) is 25.2 Å². The molecule has 0 bridgehead atoms. The van der Waals surface area contributed by atoms with Crippen LogP contribution >= 0.6 is 11.8 Å². The van der Waals surface area contributed by atoms with Crippen LogP contribution in [0.4, 0.5) is 0 Å². The number of aryl methyl sites for hydroxylation is 3. The predicted octanol–water partition coefficient (Wildman–Crippen LogP) is 0.943. The fourth-order valence-electron chi connectivity index (χ4n) is 2.08. The van der Waals surface area contributed by atoms with Crippen LogP contribution in [0.25, 0.3) is 0 Å². The number of carboxylic acid groups (broad SMARTS) is 1. The minimum Gasteiger partial charge on any atom is -0.478 e. The molecule has 1 aliphatic carbocycles. The van der Waals surface area contributed by atoms with E-state index in [0.717, 1.165) is 30.5 Å². The van der Waals surface area contributed by atoms with E-state index in [1.54, 1.807) is 13.1 Å². The molecule has 0 unspecified atom stereocenters. The van der Waals surface area contributed by atoms with Gasteiger partial charge in [0.2, 0.25) is 5.16 Å². The minimum atomic E-state index is -0.972. The van der Waals surface area contributed by atoms with Gasteiger partial charge in [-0.25, -0.2) is 14.5 Å². The highest BCUT2D eigenvalue weighted by molar-refractivity contribution is 7.99. The molecule has 2 aromatic heterocycles. The SMILES string of the molecule is Cn1nnnc1Sc1nc2c(cc1C(=O)O)CCC2. The Balaban J connectivity index is 2.04. The summed E-state index contributed by atoms with van der Waals surface area (Å²) in [5.74, 6) is -0.972. The van der Waals surface area contributed by atoms with E-state index in [1.165, 1.54) is 16.4 Å². The van der Waals surface area contributed by atoms with Gasteiger partial charge >= 0.3 is 5.97 Å². The number of rotatable bonds is 3. The number of tetrazole rings is 1. The average Bonchev–Trinajstić information content (AvgIpc) is 2.97. The van der Waals surface area contributed by atoms with Crippen molar-refractivity contribution in [3.8, 4) is 0 Å². The van der Waals surface area contributed by atoms with Crippen LogP contribution in [0.15, 0.2) is 16.2 Å². The zero-order valence-corrected chi connectivity index (χ0v) is 11.0. The van der Waals surface area contributed by atoms with Gasteiger partial charge in [-0.2, -0.15) is 0 Å². The maximum Gasteiger partial charge on any atom is 0.338 e. The molecule has 0 saturated heterocycles. The Morgan fingerprint density at radius 3 is 3.00 bits per heavy atom. The number of aromatic carboxylic acids is 1. The molecular formula is C11H11N5O2S. The lowest BCUT2D eigenvalue weighted by atomic mass is 10.1. The number of aromatic nitrogens is 5. The Labute approximate surface area is 113 Å². The first kappa shape index (κ1) is 12.1. The summed E-state index contributed by atoms with van der Waals surface area (Å²) in [7, 11) is 1.70. The lowest BCUT2D eigenvalue weighted by molar-refractivity contribution is 0.0692. The first-order valence-corrected chi connectivity index (χ1v) is 6.63. The van der Waals surface area contributed by atoms with Crippen LogP contribution in [0.2, 0.25) is 0 Å². The zero-order valence-electron chi connectivity index (χ0n) is 10.2. The smallest absolute Gasteiger partial charge is 0.338 e. The summed E-state index contributed by atoms with van der Waals surface area (Å²) in [6, 6.07) is 1.73. The van der Waals surface area contributed by atoms with Crippen LogP contribution in [0.1, 0.15) is 28.0 Å². The van der Waals surface area contributed by atoms with Gasteiger partial charge < -0.3 is 5.11 Å². The number of pyridine rings is 1. The number of carboxylic acids is 1. The second-order valence-electron chi connectivity index (χ2n) is 4.29. The van der Waals surface area contributed by atoms with Crippen LogP contribution < -0.4 is 0 Å². The van der Waals surface area contributed by atoms with Crippen LogP contribution in [0.3, 0.4) is 0 Å². The Bertz CT molecular complexity index is 655. The van der Waals surface area contributed by atoms with E-state index < -0.39 is 5.97 Å². The third-order valence-electron chi connectivity index (χ3n) is 3.02. The number of nitrogens with zero attached hydrogens (tertiary/aromatic N) is 5. The zero-order chi connectivity index (χ0) is 13.4. The van der Waals surface area contributed by atoms with Gasteiger partial charge in [0.05, 0.1) is 5.56 Å². The summed E-state index contributed by atoms with van der Waals surface area (Å²) in [5.41, 5.74) is 2.24. The molecule has 2 aromatic rings. The second kappa shape index (κ2) is 4.61. The van der Waals surface area contributed by atoms with E-state index in [2.05, 4.69) is 20.5 Å². The molecular weight excluding hydrogens is 266 g/mol. The fraction of sp³-hybridized carbons (Fsp3) is 0.364. The van der Waals surface area contributed by atoms with E-state index in [1.807, 2.05) is 0 Å². The van der Waals surface area contributed by atoms with Gasteiger partial charge in [0.15, 0.2) is 0 Å². The molecule has 0 atom stereocenters. The van der Waals surface area contributed by atoms with Crippen molar-refractivity contribution in [2.75, 3.05) is 0 Å². The van der Waals surface area contributed by atoms with E-state index in [4.69, 9.17) is 0 Å². The second-order valence-corrected chi connectivity index (χ2v) is 5.25. The highest BCUT2D eigenvalue weighted by Gasteiger charge is 2.21. The third-order valence-corrected chi connectivity index (χ3v) is 4.05. The topological polar surface area (TPSA) is 93.8 Å². The molecule has 0 aromatic carbocycles. The predicted molar refractivity (Wildman–Crippen MR) is 66.1 cm³/mol. The van der Waals surface area contributed by atoms with E-state index in [0.29, 0.717) is 10.2 Å². The van der Waals surface area contributed by atoms with Gasteiger partial charge in [0, 0.05) is 12.7 Å². The molecule has 7 nitrogen and oxygen atoms in total. The summed E-state index contributed by atoms with van der Waals surface area (Å²) in [5, 5.41) is 21.3. The van der Waals surface area contributed by atoms with Crippen molar-refractivity contribution in [2.24, 2.45) is 7.05 Å². The Morgan fingerprint density at radius 1 is 1.47 bits per heavy atom. The van der Waals surface area contributed by atoms with Crippen molar-refractivity contribution >= 4 is 17.7 Å². The minimum absolute atomic E-state index is 0.216. The molecule has 0 fully saturated rings. The lowest BCUT2D eigenvalue weighted by Gasteiger charge is -2.07. The summed E-state index contributed by atoms with van der Waals surface area (Å²) in [6.45, 7) is 0. The maximum absolute atomic E-state index is 11.3. The molecule has 0 amide bonds. The summed E-state index contributed by atoms with van der Waals surface area (Å²) >= 11 is 1.18.